The molecule has 0 radical (unpaired) electrons. The summed E-state index contributed by atoms with van der Waals surface area (Å²) in [6.07, 6.45) is -0.252. The number of benzene rings is 1. The molecule has 1 saturated heterocycles. The van der Waals surface area contributed by atoms with Crippen LogP contribution >= 0.6 is 0 Å². The highest BCUT2D eigenvalue weighted by Crippen LogP contribution is 2.17. The zero-order valence-electron chi connectivity index (χ0n) is 10.2. The van der Waals surface area contributed by atoms with E-state index in [4.69, 9.17) is 15.6 Å². The van der Waals surface area contributed by atoms with Crippen molar-refractivity contribution < 1.29 is 14.6 Å². The molecule has 1 heterocycles. The van der Waals surface area contributed by atoms with E-state index in [2.05, 4.69) is 0 Å². The Balaban J connectivity index is 1.81. The van der Waals surface area contributed by atoms with Gasteiger partial charge in [-0.05, 0) is 12.0 Å². The molecule has 0 spiro atoms. The van der Waals surface area contributed by atoms with E-state index in [0.29, 0.717) is 26.2 Å². The van der Waals surface area contributed by atoms with Crippen molar-refractivity contribution in [3.63, 3.8) is 0 Å². The van der Waals surface area contributed by atoms with E-state index in [0.717, 1.165) is 5.56 Å². The molecule has 98 valence electrons. The lowest BCUT2D eigenvalue weighted by Gasteiger charge is -2.21. The summed E-state index contributed by atoms with van der Waals surface area (Å²) >= 11 is 0. The monoisotopic (exact) mass is 250 g/mol. The van der Waals surface area contributed by atoms with Gasteiger partial charge < -0.3 is 20.5 Å². The number of rotatable bonds is 4. The summed E-state index contributed by atoms with van der Waals surface area (Å²) in [6.45, 7) is 1.30. The maximum absolute atomic E-state index is 11.0. The lowest BCUT2D eigenvalue weighted by Crippen LogP contribution is -2.37. The van der Waals surface area contributed by atoms with Crippen molar-refractivity contribution in [2.45, 2.75) is 25.1 Å². The third-order valence-electron chi connectivity index (χ3n) is 3.11. The molecule has 0 unspecified atom stereocenters. The Morgan fingerprint density at radius 2 is 2.17 bits per heavy atom. The van der Waals surface area contributed by atoms with E-state index in [1.54, 1.807) is 0 Å². The Bertz CT molecular complexity index is 396. The van der Waals surface area contributed by atoms with Gasteiger partial charge in [0.25, 0.3) is 0 Å². The molecule has 5 nitrogen and oxygen atoms in total. The lowest BCUT2D eigenvalue weighted by molar-refractivity contribution is 0.0643. The van der Waals surface area contributed by atoms with Crippen molar-refractivity contribution in [3.05, 3.63) is 35.9 Å². The van der Waals surface area contributed by atoms with Crippen LogP contribution in [0.25, 0.3) is 0 Å². The predicted octanol–water partition coefficient (Wildman–Crippen LogP) is 1.28. The van der Waals surface area contributed by atoms with Gasteiger partial charge in [-0.15, -0.1) is 0 Å². The van der Waals surface area contributed by atoms with E-state index < -0.39 is 6.09 Å². The molecule has 1 aliphatic heterocycles. The molecule has 0 aromatic heterocycles. The minimum absolute atomic E-state index is 0.0774. The van der Waals surface area contributed by atoms with Crippen LogP contribution in [0.3, 0.4) is 0 Å². The Hall–Kier alpha value is -1.59. The lowest BCUT2D eigenvalue weighted by atomic mass is 10.2. The van der Waals surface area contributed by atoms with Crippen molar-refractivity contribution in [2.24, 2.45) is 5.73 Å². The molecule has 1 aromatic rings. The molecule has 0 aliphatic carbocycles. The van der Waals surface area contributed by atoms with Crippen LogP contribution in [-0.4, -0.2) is 41.3 Å². The quantitative estimate of drug-likeness (QED) is 0.844. The van der Waals surface area contributed by atoms with Gasteiger partial charge in [0.05, 0.1) is 19.3 Å². The van der Waals surface area contributed by atoms with E-state index in [1.807, 2.05) is 30.3 Å². The SMILES string of the molecule is N[C@@H]1C[C@@H](COCc2ccccc2)N(C(=O)O)C1. The largest absolute Gasteiger partial charge is 0.465 e. The standard InChI is InChI=1S/C13H18N2O3/c14-11-6-12(15(7-11)13(16)17)9-18-8-10-4-2-1-3-5-10/h1-5,11-12H,6-9,14H2,(H,16,17)/t11-,12+/m1/s1. The molecule has 5 heteroatoms. The number of amides is 1. The summed E-state index contributed by atoms with van der Waals surface area (Å²) in [4.78, 5) is 12.4. The fourth-order valence-electron chi connectivity index (χ4n) is 2.23. The van der Waals surface area contributed by atoms with E-state index in [9.17, 15) is 4.79 Å². The van der Waals surface area contributed by atoms with Gasteiger partial charge in [0.2, 0.25) is 0 Å². The third kappa shape index (κ3) is 3.21. The summed E-state index contributed by atoms with van der Waals surface area (Å²) < 4.78 is 5.57. The van der Waals surface area contributed by atoms with Gasteiger partial charge >= 0.3 is 6.09 Å². The second-order valence-corrected chi connectivity index (χ2v) is 4.59. The van der Waals surface area contributed by atoms with Crippen molar-refractivity contribution in [2.75, 3.05) is 13.2 Å². The van der Waals surface area contributed by atoms with E-state index >= 15 is 0 Å². The molecule has 18 heavy (non-hydrogen) atoms. The molecule has 0 bridgehead atoms. The smallest absolute Gasteiger partial charge is 0.407 e. The number of nitrogens with two attached hydrogens (primary N) is 1. The molecule has 1 fully saturated rings. The van der Waals surface area contributed by atoms with E-state index in [1.165, 1.54) is 4.90 Å². The molecular weight excluding hydrogens is 232 g/mol. The van der Waals surface area contributed by atoms with Crippen LogP contribution in [0, 0.1) is 0 Å². The van der Waals surface area contributed by atoms with Crippen molar-refractivity contribution >= 4 is 6.09 Å². The fraction of sp³-hybridized carbons (Fsp3) is 0.462. The highest BCUT2D eigenvalue weighted by atomic mass is 16.5. The van der Waals surface area contributed by atoms with Crippen LogP contribution in [0.5, 0.6) is 0 Å². The number of carboxylic acid groups (broad SMARTS) is 1. The molecule has 1 aromatic carbocycles. The summed E-state index contributed by atoms with van der Waals surface area (Å²) in [6, 6.07) is 9.62. The second-order valence-electron chi connectivity index (χ2n) is 4.59. The highest BCUT2D eigenvalue weighted by Gasteiger charge is 2.33. The Kier molecular flexibility index (Phi) is 4.17. The molecule has 0 saturated carbocycles. The minimum Gasteiger partial charge on any atom is -0.465 e. The number of nitrogens with zero attached hydrogens (tertiary/aromatic N) is 1. The molecule has 1 aliphatic rings. The van der Waals surface area contributed by atoms with Crippen molar-refractivity contribution in [1.29, 1.82) is 0 Å². The topological polar surface area (TPSA) is 75.8 Å². The first-order valence-corrected chi connectivity index (χ1v) is 6.03. The van der Waals surface area contributed by atoms with Gasteiger partial charge in [-0.25, -0.2) is 4.79 Å². The molecule has 2 atom stereocenters. The maximum atomic E-state index is 11.0. The zero-order chi connectivity index (χ0) is 13.0. The number of carbonyl (C=O) groups is 1. The average molecular weight is 250 g/mol. The summed E-state index contributed by atoms with van der Waals surface area (Å²) in [5.74, 6) is 0. The Labute approximate surface area is 106 Å². The van der Waals surface area contributed by atoms with Crippen LogP contribution < -0.4 is 5.73 Å². The molecule has 3 N–H and O–H groups in total. The normalized spacial score (nSPS) is 23.3. The van der Waals surface area contributed by atoms with Gasteiger partial charge in [-0.2, -0.15) is 0 Å². The minimum atomic E-state index is -0.920. The number of hydrogen-bond donors (Lipinski definition) is 2. The van der Waals surface area contributed by atoms with Crippen molar-refractivity contribution in [3.8, 4) is 0 Å². The highest BCUT2D eigenvalue weighted by molar-refractivity contribution is 5.66. The van der Waals surface area contributed by atoms with Gasteiger partial charge in [-0.3, -0.25) is 0 Å². The number of likely N-dealkylation sites (tertiary alicyclic amines) is 1. The predicted molar refractivity (Wildman–Crippen MR) is 67.2 cm³/mol. The maximum Gasteiger partial charge on any atom is 0.407 e. The Morgan fingerprint density at radius 3 is 2.83 bits per heavy atom. The zero-order valence-corrected chi connectivity index (χ0v) is 10.2. The molecule has 1 amide bonds. The number of ether oxygens (including phenoxy) is 1. The molecule has 2 rings (SSSR count). The van der Waals surface area contributed by atoms with Crippen LogP contribution in [0.4, 0.5) is 4.79 Å². The van der Waals surface area contributed by atoms with Crippen molar-refractivity contribution in [1.82, 2.24) is 4.90 Å². The van der Waals surface area contributed by atoms with E-state index in [-0.39, 0.29) is 12.1 Å². The average Bonchev–Trinajstić information content (AvgIpc) is 2.72. The second kappa shape index (κ2) is 5.84. The number of hydrogen-bond acceptors (Lipinski definition) is 3. The first kappa shape index (κ1) is 12.9. The third-order valence-corrected chi connectivity index (χ3v) is 3.11. The van der Waals surface area contributed by atoms with Crippen LogP contribution in [0.2, 0.25) is 0 Å². The first-order chi connectivity index (χ1) is 8.66. The molecular formula is C13H18N2O3. The summed E-state index contributed by atoms with van der Waals surface area (Å²) in [5.41, 5.74) is 6.86. The Morgan fingerprint density at radius 1 is 1.44 bits per heavy atom. The van der Waals surface area contributed by atoms with Crippen LogP contribution in [-0.2, 0) is 11.3 Å². The first-order valence-electron chi connectivity index (χ1n) is 6.03. The van der Waals surface area contributed by atoms with Gasteiger partial charge in [-0.1, -0.05) is 30.3 Å². The van der Waals surface area contributed by atoms with Gasteiger partial charge in [0.15, 0.2) is 0 Å². The van der Waals surface area contributed by atoms with Gasteiger partial charge in [0, 0.05) is 12.6 Å². The fourth-order valence-corrected chi connectivity index (χ4v) is 2.23. The summed E-state index contributed by atoms with van der Waals surface area (Å²) in [5, 5.41) is 9.03. The van der Waals surface area contributed by atoms with Gasteiger partial charge in [0.1, 0.15) is 0 Å². The van der Waals surface area contributed by atoms with Crippen LogP contribution in [0.15, 0.2) is 30.3 Å². The van der Waals surface area contributed by atoms with Crippen LogP contribution in [0.1, 0.15) is 12.0 Å². The summed E-state index contributed by atoms with van der Waals surface area (Å²) in [7, 11) is 0.